The fourth-order valence-corrected chi connectivity index (χ4v) is 1.18. The van der Waals surface area contributed by atoms with Gasteiger partial charge in [-0.2, -0.15) is 0 Å². The van der Waals surface area contributed by atoms with E-state index >= 15 is 0 Å². The fraction of sp³-hybridized carbons (Fsp3) is 1.00. The van der Waals surface area contributed by atoms with Crippen LogP contribution in [0.1, 0.15) is 6.92 Å². The summed E-state index contributed by atoms with van der Waals surface area (Å²) in [5, 5.41) is 8.66. The number of halogens is 1. The fourth-order valence-electron chi connectivity index (χ4n) is 0.807. The second-order valence-electron chi connectivity index (χ2n) is 2.32. The van der Waals surface area contributed by atoms with Gasteiger partial charge in [0.05, 0.1) is 17.1 Å². The van der Waals surface area contributed by atoms with Crippen LogP contribution in [0.2, 0.25) is 0 Å². The first-order valence-corrected chi connectivity index (χ1v) is 4.50. The number of aliphatic hydroxyl groups excluding tert-OH is 1. The second-order valence-corrected chi connectivity index (χ2v) is 4.28. The summed E-state index contributed by atoms with van der Waals surface area (Å²) < 4.78 is 10.9. The molecule has 1 fully saturated rings. The molecule has 0 aromatic heterocycles. The van der Waals surface area contributed by atoms with Gasteiger partial charge in [0.2, 0.25) is 0 Å². The minimum atomic E-state index is -0.127. The molecule has 3 nitrogen and oxygen atoms in total. The van der Waals surface area contributed by atoms with E-state index in [0.29, 0.717) is 10.5 Å². The lowest BCUT2D eigenvalue weighted by molar-refractivity contribution is -0.0591. The van der Waals surface area contributed by atoms with Crippen molar-refractivity contribution in [2.75, 3.05) is 13.2 Å². The maximum atomic E-state index is 8.66. The topological polar surface area (TPSA) is 38.7 Å². The Balaban J connectivity index is 2.28. The van der Waals surface area contributed by atoms with Crippen molar-refractivity contribution in [2.45, 2.75) is 23.2 Å². The molecular formula is C6H11IO3. The van der Waals surface area contributed by atoms with Crippen molar-refractivity contribution in [1.82, 2.24) is 0 Å². The van der Waals surface area contributed by atoms with Gasteiger partial charge < -0.3 is 14.6 Å². The van der Waals surface area contributed by atoms with E-state index in [-0.39, 0.29) is 19.0 Å². The monoisotopic (exact) mass is 258 g/mol. The molecule has 0 aliphatic carbocycles. The molecule has 1 heterocycles. The van der Waals surface area contributed by atoms with Crippen LogP contribution < -0.4 is 0 Å². The molecule has 0 amide bonds. The zero-order chi connectivity index (χ0) is 7.56. The summed E-state index contributed by atoms with van der Waals surface area (Å²) in [7, 11) is 0. The zero-order valence-corrected chi connectivity index (χ0v) is 7.95. The maximum Gasteiger partial charge on any atom is 0.169 e. The summed E-state index contributed by atoms with van der Waals surface area (Å²) in [6, 6.07) is 0. The minimum absolute atomic E-state index is 0.0554. The molecule has 10 heavy (non-hydrogen) atoms. The van der Waals surface area contributed by atoms with Gasteiger partial charge >= 0.3 is 0 Å². The highest BCUT2D eigenvalue weighted by Crippen LogP contribution is 2.18. The normalized spacial score (nSPS) is 36.3. The lowest BCUT2D eigenvalue weighted by Crippen LogP contribution is -2.21. The first kappa shape index (κ1) is 8.70. The van der Waals surface area contributed by atoms with Crippen LogP contribution in [-0.2, 0) is 9.47 Å². The SMILES string of the molecule is C[C@H](I)[C@@H]1OC[C@H](CO)O1. The average Bonchev–Trinajstić information content (AvgIpc) is 2.34. The lowest BCUT2D eigenvalue weighted by Gasteiger charge is -2.11. The summed E-state index contributed by atoms with van der Waals surface area (Å²) in [6.45, 7) is 2.60. The van der Waals surface area contributed by atoms with E-state index in [9.17, 15) is 0 Å². The molecule has 0 saturated carbocycles. The highest BCUT2D eigenvalue weighted by atomic mass is 127. The smallest absolute Gasteiger partial charge is 0.169 e. The molecule has 0 radical (unpaired) electrons. The molecule has 0 aromatic rings. The van der Waals surface area contributed by atoms with Crippen molar-refractivity contribution < 1.29 is 14.6 Å². The third-order valence-corrected chi connectivity index (χ3v) is 1.94. The summed E-state index contributed by atoms with van der Waals surface area (Å²) >= 11 is 2.24. The average molecular weight is 258 g/mol. The molecular weight excluding hydrogens is 247 g/mol. The van der Waals surface area contributed by atoms with Gasteiger partial charge in [-0.1, -0.05) is 22.6 Å². The second kappa shape index (κ2) is 3.85. The van der Waals surface area contributed by atoms with Crippen LogP contribution in [-0.4, -0.2) is 34.6 Å². The number of ether oxygens (including phenoxy) is 2. The predicted molar refractivity (Wildman–Crippen MR) is 45.2 cm³/mol. The molecule has 3 atom stereocenters. The standard InChI is InChI=1S/C6H11IO3/c1-4(7)6-9-3-5(2-8)10-6/h4-6,8H,2-3H2,1H3/t4-,5-,6+/m0/s1. The Labute approximate surface area is 73.8 Å². The Kier molecular flexibility index (Phi) is 3.35. The van der Waals surface area contributed by atoms with Crippen LogP contribution >= 0.6 is 22.6 Å². The molecule has 0 unspecified atom stereocenters. The number of hydrogen-bond acceptors (Lipinski definition) is 3. The van der Waals surface area contributed by atoms with E-state index in [1.807, 2.05) is 6.92 Å². The van der Waals surface area contributed by atoms with Crippen LogP contribution in [0, 0.1) is 0 Å². The van der Waals surface area contributed by atoms with Crippen molar-refractivity contribution in [3.05, 3.63) is 0 Å². The van der Waals surface area contributed by atoms with Crippen LogP contribution in [0.4, 0.5) is 0 Å². The quantitative estimate of drug-likeness (QED) is 0.580. The minimum Gasteiger partial charge on any atom is -0.394 e. The van der Waals surface area contributed by atoms with Crippen LogP contribution in [0.5, 0.6) is 0 Å². The Morgan fingerprint density at radius 1 is 1.80 bits per heavy atom. The van der Waals surface area contributed by atoms with Gasteiger partial charge in [-0.15, -0.1) is 0 Å². The summed E-state index contributed by atoms with van der Waals surface area (Å²) in [4.78, 5) is 0. The molecule has 1 saturated heterocycles. The lowest BCUT2D eigenvalue weighted by atomic mass is 10.4. The Bertz CT molecular complexity index is 107. The molecule has 4 heteroatoms. The zero-order valence-electron chi connectivity index (χ0n) is 5.79. The van der Waals surface area contributed by atoms with Crippen molar-refractivity contribution in [2.24, 2.45) is 0 Å². The van der Waals surface area contributed by atoms with E-state index < -0.39 is 0 Å². The summed E-state index contributed by atoms with van der Waals surface area (Å²) in [5.41, 5.74) is 0. The highest BCUT2D eigenvalue weighted by Gasteiger charge is 2.28. The first-order chi connectivity index (χ1) is 4.74. The molecule has 1 aliphatic rings. The number of aliphatic hydroxyl groups is 1. The molecule has 0 bridgehead atoms. The van der Waals surface area contributed by atoms with Gasteiger partial charge in [0.15, 0.2) is 6.29 Å². The predicted octanol–water partition coefficient (Wildman–Crippen LogP) is 0.544. The molecule has 1 N–H and O–H groups in total. The Hall–Kier alpha value is 0.610. The van der Waals surface area contributed by atoms with Gasteiger partial charge in [0.25, 0.3) is 0 Å². The van der Waals surface area contributed by atoms with Crippen LogP contribution in [0.25, 0.3) is 0 Å². The highest BCUT2D eigenvalue weighted by molar-refractivity contribution is 14.1. The van der Waals surface area contributed by atoms with Crippen LogP contribution in [0.15, 0.2) is 0 Å². The van der Waals surface area contributed by atoms with E-state index in [4.69, 9.17) is 14.6 Å². The largest absolute Gasteiger partial charge is 0.394 e. The van der Waals surface area contributed by atoms with Crippen molar-refractivity contribution in [1.29, 1.82) is 0 Å². The third kappa shape index (κ3) is 2.05. The molecule has 1 aliphatic heterocycles. The van der Waals surface area contributed by atoms with Gasteiger partial charge in [-0.25, -0.2) is 0 Å². The van der Waals surface area contributed by atoms with Gasteiger partial charge in [-0.3, -0.25) is 0 Å². The number of rotatable bonds is 2. The van der Waals surface area contributed by atoms with Crippen LogP contribution in [0.3, 0.4) is 0 Å². The van der Waals surface area contributed by atoms with E-state index in [0.717, 1.165) is 0 Å². The summed E-state index contributed by atoms with van der Waals surface area (Å²) in [5.74, 6) is 0. The molecule has 0 spiro atoms. The van der Waals surface area contributed by atoms with E-state index in [1.54, 1.807) is 0 Å². The molecule has 0 aromatic carbocycles. The first-order valence-electron chi connectivity index (χ1n) is 3.26. The number of hydrogen-bond donors (Lipinski definition) is 1. The Morgan fingerprint density at radius 2 is 2.50 bits per heavy atom. The van der Waals surface area contributed by atoms with Gasteiger partial charge in [0.1, 0.15) is 6.10 Å². The molecule has 1 rings (SSSR count). The Morgan fingerprint density at radius 3 is 2.80 bits per heavy atom. The van der Waals surface area contributed by atoms with Crippen molar-refractivity contribution in [3.63, 3.8) is 0 Å². The van der Waals surface area contributed by atoms with E-state index in [2.05, 4.69) is 22.6 Å². The number of alkyl halides is 1. The third-order valence-electron chi connectivity index (χ3n) is 1.35. The van der Waals surface area contributed by atoms with Gasteiger partial charge in [0, 0.05) is 0 Å². The van der Waals surface area contributed by atoms with Gasteiger partial charge in [-0.05, 0) is 6.92 Å². The van der Waals surface area contributed by atoms with Crippen molar-refractivity contribution in [3.8, 4) is 0 Å². The van der Waals surface area contributed by atoms with Crippen molar-refractivity contribution >= 4 is 22.6 Å². The summed E-state index contributed by atoms with van der Waals surface area (Å²) in [6.07, 6.45) is -0.236. The van der Waals surface area contributed by atoms with E-state index in [1.165, 1.54) is 0 Å². The molecule has 60 valence electrons. The maximum absolute atomic E-state index is 8.66.